The molecule has 3 aliphatic heterocycles. The number of amides is 2. The Morgan fingerprint density at radius 1 is 0.472 bits per heavy atom. The largest absolute Gasteiger partial charge is 0.444 e. The van der Waals surface area contributed by atoms with Crippen molar-refractivity contribution in [3.05, 3.63) is 209 Å². The summed E-state index contributed by atoms with van der Waals surface area (Å²) < 4.78 is 63.5. The summed E-state index contributed by atoms with van der Waals surface area (Å²) in [6.07, 6.45) is 8.05. The lowest BCUT2D eigenvalue weighted by atomic mass is 9.83. The van der Waals surface area contributed by atoms with Crippen LogP contribution >= 0.6 is 11.8 Å². The first-order chi connectivity index (χ1) is 59.0. The maximum atomic E-state index is 14.6. The number of benzene rings is 3. The Balaban J connectivity index is 0.000000160. The molecular weight excluding hydrogens is 1650 g/mol. The molecule has 12 aromatic rings. The van der Waals surface area contributed by atoms with Crippen LogP contribution in [0.2, 0.25) is 0 Å². The van der Waals surface area contributed by atoms with E-state index in [4.69, 9.17) is 15.2 Å². The van der Waals surface area contributed by atoms with Crippen LogP contribution in [-0.4, -0.2) is 147 Å². The van der Waals surface area contributed by atoms with Gasteiger partial charge in [0.15, 0.2) is 39.6 Å². The lowest BCUT2D eigenvalue weighted by Crippen LogP contribution is -2.51. The lowest BCUT2D eigenvalue weighted by Gasteiger charge is -2.44. The van der Waals surface area contributed by atoms with E-state index >= 15 is 0 Å². The van der Waals surface area contributed by atoms with Crippen molar-refractivity contribution in [1.82, 2.24) is 88.1 Å². The van der Waals surface area contributed by atoms with Crippen molar-refractivity contribution in [2.45, 2.75) is 253 Å². The molecule has 0 spiro atoms. The number of anilines is 5. The molecule has 0 unspecified atom stereocenters. The highest BCUT2D eigenvalue weighted by atomic mass is 32.2. The third kappa shape index (κ3) is 19.6. The quantitative estimate of drug-likeness (QED) is 0.0302. The normalized spacial score (nSPS) is 14.9. The summed E-state index contributed by atoms with van der Waals surface area (Å²) in [4.78, 5) is 108. The van der Waals surface area contributed by atoms with E-state index in [9.17, 15) is 52.5 Å². The minimum Gasteiger partial charge on any atom is -0.444 e. The van der Waals surface area contributed by atoms with Crippen LogP contribution in [0.1, 0.15) is 235 Å². The van der Waals surface area contributed by atoms with Gasteiger partial charge in [-0.25, -0.2) is 85.7 Å². The molecule has 0 aliphatic carbocycles. The van der Waals surface area contributed by atoms with Crippen molar-refractivity contribution in [2.75, 3.05) is 42.3 Å². The standard InChI is InChI=1S/C32H40FN7O4.C27H32FN7O2.C17H20FN5O2S.C16H24N2O2/c1-18(2)39-27(41)21-17-34-28(37-26(21)40(39)24-13-12-23(33)25(36-24)32(8,9)43)35-20-10-11-22-19(16-20)14-15-38(31(22,6)7)29(42)44-30(3,4)5;1-15(2)34-24(36)18-14-29-25(31-17-7-8-19-16(13-17)11-12-30-26(19,3)4)33-23(18)35(34)21-10-9-20(28)22(32-21)27(5,6)37;1-9(2)22-15(24)10-8-19-16(26-5)21-14(10)23(22)12-7-6-11(18)13(20-12)17(3,4)25;1-15(2,3)20-14(19)18-9-8-11-10-12(17)6-7-13(11)16(18,4)5/h10-13,16-18,43H,14-15H2,1-9H3,(H,34,35,37);7-10,13-15,30,37H,11-12H2,1-6H3,(H,29,31,33);6-9,25H,1-5H3;6-7,10H,8-9,17H2,1-5H3. The highest BCUT2D eigenvalue weighted by Gasteiger charge is 2.42. The van der Waals surface area contributed by atoms with E-state index in [-0.39, 0.29) is 104 Å². The third-order valence-corrected chi connectivity index (χ3v) is 22.5. The first-order valence-electron chi connectivity index (χ1n) is 42.2. The van der Waals surface area contributed by atoms with Gasteiger partial charge in [0.1, 0.15) is 78.7 Å². The van der Waals surface area contributed by atoms with Gasteiger partial charge >= 0.3 is 12.2 Å². The number of ether oxygens (including phenoxy) is 2. The predicted octanol–water partition coefficient (Wildman–Crippen LogP) is 15.7. The van der Waals surface area contributed by atoms with Crippen molar-refractivity contribution >= 4 is 86.0 Å². The number of nitrogens with one attached hydrogen (secondary N) is 3. The Kier molecular flexibility index (Phi) is 26.0. The number of rotatable bonds is 14. The average Bonchev–Trinajstić information content (AvgIpc) is 1.03. The highest BCUT2D eigenvalue weighted by Crippen LogP contribution is 2.41. The number of nitrogen functional groups attached to an aromatic ring is 1. The maximum Gasteiger partial charge on any atom is 0.411 e. The lowest BCUT2D eigenvalue weighted by molar-refractivity contribution is -0.00147. The van der Waals surface area contributed by atoms with Crippen LogP contribution in [-0.2, 0) is 62.2 Å². The third-order valence-electron chi connectivity index (χ3n) is 22.0. The SMILES string of the molecule is CC(C)(C)OC(=O)N1CCc2cc(N)ccc2C1(C)C.CC(C)n1c(=O)c2cnc(Nc3ccc4c(c3)CCN(C(=O)OC(C)(C)C)C4(C)C)nc2n1-c1ccc(F)c(C(C)(C)O)n1.CC(C)n1c(=O)c2cnc(Nc3ccc4c(c3)CCNC4(C)C)nc2n1-c1ccc(F)c(C(C)(C)O)n1.CSc1ncc2c(=O)n(C(C)C)n(-c3ccc(F)c(C(C)(C)O)n3)c2n1. The predicted molar refractivity (Wildman–Crippen MR) is 486 cm³/mol. The van der Waals surface area contributed by atoms with Gasteiger partial charge < -0.3 is 46.5 Å². The minimum absolute atomic E-state index is 0.0957. The average molecular weight is 1770 g/mol. The summed E-state index contributed by atoms with van der Waals surface area (Å²) in [5, 5.41) is 42.7. The molecule has 127 heavy (non-hydrogen) atoms. The van der Waals surface area contributed by atoms with Crippen LogP contribution in [0.15, 0.2) is 129 Å². The number of hydrogen-bond donors (Lipinski definition) is 7. The molecule has 0 radical (unpaired) electrons. The molecule has 0 saturated heterocycles. The zero-order valence-electron chi connectivity index (χ0n) is 76.8. The Bertz CT molecular complexity index is 6410. The number of pyridine rings is 3. The van der Waals surface area contributed by atoms with Gasteiger partial charge in [-0.15, -0.1) is 0 Å². The number of thioether (sulfide) groups is 1. The van der Waals surface area contributed by atoms with Crippen LogP contribution in [0.3, 0.4) is 0 Å². The summed E-state index contributed by atoms with van der Waals surface area (Å²) in [6, 6.07) is 25.4. The number of carbonyl (C=O) groups is 2. The van der Waals surface area contributed by atoms with E-state index in [1.54, 1.807) is 19.2 Å². The first kappa shape index (κ1) is 94.2. The topological polar surface area (TPSA) is 379 Å². The molecule has 3 aromatic carbocycles. The second kappa shape index (κ2) is 35.0. The molecule has 0 saturated carbocycles. The molecule has 0 atom stereocenters. The minimum atomic E-state index is -1.54. The molecule has 12 heterocycles. The summed E-state index contributed by atoms with van der Waals surface area (Å²) in [5.74, 6) is -0.521. The summed E-state index contributed by atoms with van der Waals surface area (Å²) in [6.45, 7) is 45.6. The van der Waals surface area contributed by atoms with Crippen molar-refractivity contribution < 1.29 is 47.6 Å². The van der Waals surface area contributed by atoms with Crippen molar-refractivity contribution in [3.8, 4) is 17.5 Å². The number of carbonyl (C=O) groups excluding carboxylic acids is 2. The molecule has 0 fully saturated rings. The zero-order chi connectivity index (χ0) is 93.4. The molecule has 9 aromatic heterocycles. The van der Waals surface area contributed by atoms with E-state index < -0.39 is 51.0 Å². The Hall–Kier alpha value is -11.9. The summed E-state index contributed by atoms with van der Waals surface area (Å²) in [5.41, 5.74) is 8.33. The molecule has 2 amide bonds. The van der Waals surface area contributed by atoms with E-state index in [1.807, 2.05) is 160 Å². The van der Waals surface area contributed by atoms with Gasteiger partial charge in [-0.2, -0.15) is 9.97 Å². The molecule has 676 valence electrons. The van der Waals surface area contributed by atoms with Crippen LogP contribution in [0, 0.1) is 17.5 Å². The summed E-state index contributed by atoms with van der Waals surface area (Å²) in [7, 11) is 0. The monoisotopic (exact) mass is 1760 g/mol. The van der Waals surface area contributed by atoms with Crippen molar-refractivity contribution in [1.29, 1.82) is 0 Å². The number of nitrogens with two attached hydrogens (primary N) is 1. The molecular formula is C92H116F3N21O10S. The fourth-order valence-electron chi connectivity index (χ4n) is 16.0. The number of nitrogens with zero attached hydrogens (tertiary/aromatic N) is 17. The number of aliphatic hydroxyl groups is 3. The highest BCUT2D eigenvalue weighted by molar-refractivity contribution is 7.98. The molecule has 15 rings (SSSR count). The Morgan fingerprint density at radius 2 is 0.811 bits per heavy atom. The van der Waals surface area contributed by atoms with E-state index in [1.165, 1.54) is 144 Å². The van der Waals surface area contributed by atoms with E-state index in [0.29, 0.717) is 58.5 Å². The van der Waals surface area contributed by atoms with E-state index in [2.05, 4.69) is 86.8 Å². The van der Waals surface area contributed by atoms with Gasteiger partial charge in [0, 0.05) is 72.4 Å². The number of hydrogen-bond acceptors (Lipinski definition) is 24. The van der Waals surface area contributed by atoms with E-state index in [0.717, 1.165) is 53.1 Å². The summed E-state index contributed by atoms with van der Waals surface area (Å²) >= 11 is 1.35. The van der Waals surface area contributed by atoms with Gasteiger partial charge in [0.05, 0.1) is 11.1 Å². The second-order valence-electron chi connectivity index (χ2n) is 37.9. The Morgan fingerprint density at radius 3 is 1.17 bits per heavy atom. The van der Waals surface area contributed by atoms with Gasteiger partial charge in [-0.1, -0.05) is 30.0 Å². The second-order valence-corrected chi connectivity index (χ2v) is 38.7. The zero-order valence-corrected chi connectivity index (χ0v) is 77.6. The van der Waals surface area contributed by atoms with Gasteiger partial charge in [0.2, 0.25) is 11.9 Å². The molecule has 35 heteroatoms. The molecule has 31 nitrogen and oxygen atoms in total. The number of aromatic nitrogens is 15. The van der Waals surface area contributed by atoms with Crippen LogP contribution in [0.5, 0.6) is 0 Å². The first-order valence-corrected chi connectivity index (χ1v) is 43.4. The Labute approximate surface area is 739 Å². The maximum absolute atomic E-state index is 14.6. The fraction of sp³-hybridized carbons (Fsp3) is 0.457. The van der Waals surface area contributed by atoms with Crippen LogP contribution in [0.4, 0.5) is 51.7 Å². The molecule has 8 N–H and O–H groups in total. The van der Waals surface area contributed by atoms with Gasteiger partial charge in [-0.05, 0) is 304 Å². The van der Waals surface area contributed by atoms with Crippen LogP contribution < -0.4 is 38.4 Å². The smallest absolute Gasteiger partial charge is 0.411 e. The van der Waals surface area contributed by atoms with Gasteiger partial charge in [0.25, 0.3) is 16.7 Å². The number of fused-ring (bicyclic) bond motifs is 6. The molecule has 3 aliphatic rings. The van der Waals surface area contributed by atoms with Crippen LogP contribution in [0.25, 0.3) is 50.6 Å². The van der Waals surface area contributed by atoms with Crippen molar-refractivity contribution in [3.63, 3.8) is 0 Å². The molecule has 0 bridgehead atoms. The van der Waals surface area contributed by atoms with Gasteiger partial charge in [-0.3, -0.25) is 24.2 Å². The van der Waals surface area contributed by atoms with Crippen molar-refractivity contribution in [2.24, 2.45) is 0 Å². The number of halogens is 3. The fourth-order valence-corrected chi connectivity index (χ4v) is 16.4.